The number of ether oxygens (including phenoxy) is 2. The van der Waals surface area contributed by atoms with Crippen LogP contribution in [0.1, 0.15) is 116 Å². The Bertz CT molecular complexity index is 398. The standard InChI is InChI=1S/C23H40O5/c24-19(11-3-1-5-17-22(25)27-20-13-7-8-14-20)12-4-2-6-18-23(26)28-21-15-9-10-16-21/h19-21,24H,1-18H2. The second-order valence-corrected chi connectivity index (χ2v) is 8.65. The fourth-order valence-corrected chi connectivity index (χ4v) is 4.30. The second kappa shape index (κ2) is 14.0. The number of hydrogen-bond donors (Lipinski definition) is 1. The summed E-state index contributed by atoms with van der Waals surface area (Å²) in [6.45, 7) is 0. The molecular formula is C23H40O5. The molecule has 0 bridgehead atoms. The van der Waals surface area contributed by atoms with E-state index in [9.17, 15) is 14.7 Å². The number of rotatable bonds is 14. The molecule has 162 valence electrons. The van der Waals surface area contributed by atoms with Crippen LogP contribution in [0.2, 0.25) is 0 Å². The molecule has 0 amide bonds. The number of esters is 2. The predicted molar refractivity (Wildman–Crippen MR) is 109 cm³/mol. The first-order valence-corrected chi connectivity index (χ1v) is 11.7. The zero-order valence-electron chi connectivity index (χ0n) is 17.5. The molecule has 2 saturated carbocycles. The zero-order chi connectivity index (χ0) is 20.0. The van der Waals surface area contributed by atoms with Crippen molar-refractivity contribution >= 4 is 11.9 Å². The van der Waals surface area contributed by atoms with E-state index < -0.39 is 0 Å². The SMILES string of the molecule is O=C(CCCCCC(O)CCCCCC(=O)OC1CCCC1)OC1CCCC1. The Kier molecular flexibility index (Phi) is 11.6. The number of unbranched alkanes of at least 4 members (excludes halogenated alkanes) is 4. The summed E-state index contributed by atoms with van der Waals surface area (Å²) < 4.78 is 10.9. The molecular weight excluding hydrogens is 356 g/mol. The van der Waals surface area contributed by atoms with Crippen LogP contribution in [-0.4, -0.2) is 35.4 Å². The lowest BCUT2D eigenvalue weighted by Crippen LogP contribution is -2.14. The van der Waals surface area contributed by atoms with Gasteiger partial charge in [0.05, 0.1) is 6.10 Å². The fraction of sp³-hybridized carbons (Fsp3) is 0.913. The normalized spacial score (nSPS) is 18.1. The van der Waals surface area contributed by atoms with Crippen molar-refractivity contribution in [3.05, 3.63) is 0 Å². The number of carbonyl (C=O) groups is 2. The lowest BCUT2D eigenvalue weighted by molar-refractivity contribution is -0.149. The maximum atomic E-state index is 11.7. The van der Waals surface area contributed by atoms with Crippen molar-refractivity contribution in [1.82, 2.24) is 0 Å². The maximum Gasteiger partial charge on any atom is 0.306 e. The van der Waals surface area contributed by atoms with Crippen molar-refractivity contribution in [2.24, 2.45) is 0 Å². The van der Waals surface area contributed by atoms with Gasteiger partial charge in [-0.2, -0.15) is 0 Å². The van der Waals surface area contributed by atoms with E-state index in [0.717, 1.165) is 77.0 Å². The molecule has 0 aromatic rings. The number of carbonyl (C=O) groups excluding carboxylic acids is 2. The number of hydrogen-bond acceptors (Lipinski definition) is 5. The lowest BCUT2D eigenvalue weighted by atomic mass is 10.0. The van der Waals surface area contributed by atoms with Crippen molar-refractivity contribution < 1.29 is 24.2 Å². The first-order chi connectivity index (χ1) is 13.6. The monoisotopic (exact) mass is 396 g/mol. The highest BCUT2D eigenvalue weighted by atomic mass is 16.5. The molecule has 2 fully saturated rings. The lowest BCUT2D eigenvalue weighted by Gasteiger charge is -2.12. The van der Waals surface area contributed by atoms with E-state index in [-0.39, 0.29) is 30.3 Å². The summed E-state index contributed by atoms with van der Waals surface area (Å²) in [6.07, 6.45) is 17.0. The van der Waals surface area contributed by atoms with Crippen molar-refractivity contribution in [2.75, 3.05) is 0 Å². The van der Waals surface area contributed by atoms with Crippen LogP contribution in [0.4, 0.5) is 0 Å². The highest BCUT2D eigenvalue weighted by molar-refractivity contribution is 5.69. The Morgan fingerprint density at radius 1 is 0.679 bits per heavy atom. The van der Waals surface area contributed by atoms with Gasteiger partial charge in [-0.05, 0) is 77.0 Å². The van der Waals surface area contributed by atoms with Gasteiger partial charge in [-0.25, -0.2) is 0 Å². The minimum Gasteiger partial charge on any atom is -0.462 e. The van der Waals surface area contributed by atoms with E-state index in [4.69, 9.17) is 9.47 Å². The van der Waals surface area contributed by atoms with Gasteiger partial charge in [-0.15, -0.1) is 0 Å². The van der Waals surface area contributed by atoms with Gasteiger partial charge in [0, 0.05) is 12.8 Å². The molecule has 0 unspecified atom stereocenters. The predicted octanol–water partition coefficient (Wildman–Crippen LogP) is 5.22. The Labute approximate surface area is 170 Å². The Morgan fingerprint density at radius 3 is 1.46 bits per heavy atom. The van der Waals surface area contributed by atoms with Crippen LogP contribution in [0.3, 0.4) is 0 Å². The van der Waals surface area contributed by atoms with Gasteiger partial charge in [0.25, 0.3) is 0 Å². The smallest absolute Gasteiger partial charge is 0.306 e. The molecule has 0 aliphatic heterocycles. The average Bonchev–Trinajstić information content (AvgIpc) is 3.35. The molecule has 0 heterocycles. The van der Waals surface area contributed by atoms with Crippen LogP contribution < -0.4 is 0 Å². The molecule has 5 nitrogen and oxygen atoms in total. The molecule has 2 aliphatic carbocycles. The summed E-state index contributed by atoms with van der Waals surface area (Å²) >= 11 is 0. The first kappa shape index (κ1) is 23.2. The molecule has 28 heavy (non-hydrogen) atoms. The molecule has 0 atom stereocenters. The Morgan fingerprint density at radius 2 is 1.07 bits per heavy atom. The van der Waals surface area contributed by atoms with Crippen LogP contribution in [0, 0.1) is 0 Å². The van der Waals surface area contributed by atoms with Crippen LogP contribution in [-0.2, 0) is 19.1 Å². The van der Waals surface area contributed by atoms with Gasteiger partial charge in [0.2, 0.25) is 0 Å². The molecule has 0 saturated heterocycles. The first-order valence-electron chi connectivity index (χ1n) is 11.7. The third-order valence-corrected chi connectivity index (χ3v) is 6.04. The van der Waals surface area contributed by atoms with Crippen LogP contribution in [0.15, 0.2) is 0 Å². The van der Waals surface area contributed by atoms with Gasteiger partial charge in [0.15, 0.2) is 0 Å². The largest absolute Gasteiger partial charge is 0.462 e. The van der Waals surface area contributed by atoms with Gasteiger partial charge >= 0.3 is 11.9 Å². The second-order valence-electron chi connectivity index (χ2n) is 8.65. The highest BCUT2D eigenvalue weighted by Crippen LogP contribution is 2.22. The van der Waals surface area contributed by atoms with E-state index in [2.05, 4.69) is 0 Å². The minimum absolute atomic E-state index is 0.0566. The van der Waals surface area contributed by atoms with Crippen molar-refractivity contribution in [1.29, 1.82) is 0 Å². The maximum absolute atomic E-state index is 11.7. The minimum atomic E-state index is -0.268. The number of aliphatic hydroxyl groups is 1. The number of aliphatic hydroxyl groups excluding tert-OH is 1. The molecule has 0 aromatic heterocycles. The van der Waals surface area contributed by atoms with E-state index in [1.54, 1.807) is 0 Å². The van der Waals surface area contributed by atoms with Crippen LogP contribution >= 0.6 is 0 Å². The van der Waals surface area contributed by atoms with E-state index in [0.29, 0.717) is 12.8 Å². The van der Waals surface area contributed by atoms with Gasteiger partial charge < -0.3 is 14.6 Å². The van der Waals surface area contributed by atoms with E-state index in [1.165, 1.54) is 25.7 Å². The zero-order valence-corrected chi connectivity index (χ0v) is 17.5. The third-order valence-electron chi connectivity index (χ3n) is 6.04. The molecule has 2 aliphatic rings. The quantitative estimate of drug-likeness (QED) is 0.322. The Balaban J connectivity index is 1.35. The molecule has 0 aromatic carbocycles. The van der Waals surface area contributed by atoms with Gasteiger partial charge in [0.1, 0.15) is 12.2 Å². The van der Waals surface area contributed by atoms with Crippen molar-refractivity contribution in [2.45, 2.75) is 134 Å². The van der Waals surface area contributed by atoms with Crippen molar-refractivity contribution in [3.8, 4) is 0 Å². The topological polar surface area (TPSA) is 72.8 Å². The van der Waals surface area contributed by atoms with Crippen molar-refractivity contribution in [3.63, 3.8) is 0 Å². The molecule has 0 radical (unpaired) electrons. The molecule has 5 heteroatoms. The summed E-state index contributed by atoms with van der Waals surface area (Å²) in [6, 6.07) is 0. The van der Waals surface area contributed by atoms with Crippen LogP contribution in [0.5, 0.6) is 0 Å². The summed E-state index contributed by atoms with van der Waals surface area (Å²) in [4.78, 5) is 23.5. The van der Waals surface area contributed by atoms with E-state index >= 15 is 0 Å². The fourth-order valence-electron chi connectivity index (χ4n) is 4.30. The summed E-state index contributed by atoms with van der Waals surface area (Å²) in [7, 11) is 0. The summed E-state index contributed by atoms with van der Waals surface area (Å²) in [5.41, 5.74) is 0. The molecule has 2 rings (SSSR count). The van der Waals surface area contributed by atoms with Crippen LogP contribution in [0.25, 0.3) is 0 Å². The highest BCUT2D eigenvalue weighted by Gasteiger charge is 2.19. The van der Waals surface area contributed by atoms with E-state index in [1.807, 2.05) is 0 Å². The Hall–Kier alpha value is -1.10. The van der Waals surface area contributed by atoms with Gasteiger partial charge in [-0.1, -0.05) is 25.7 Å². The van der Waals surface area contributed by atoms with Gasteiger partial charge in [-0.3, -0.25) is 9.59 Å². The summed E-state index contributed by atoms with van der Waals surface area (Å²) in [5.74, 6) is -0.113. The molecule has 0 spiro atoms. The average molecular weight is 397 g/mol. The third kappa shape index (κ3) is 10.4. The summed E-state index contributed by atoms with van der Waals surface area (Å²) in [5, 5.41) is 10.1. The molecule has 1 N–H and O–H groups in total.